The maximum absolute atomic E-state index is 12.2. The van der Waals surface area contributed by atoms with Gasteiger partial charge < -0.3 is 24.8 Å². The lowest BCUT2D eigenvalue weighted by atomic mass is 10.2. The second-order valence-corrected chi connectivity index (χ2v) is 6.53. The summed E-state index contributed by atoms with van der Waals surface area (Å²) < 4.78 is 16.6. The molecule has 3 rings (SSSR count). The minimum atomic E-state index is -0.282. The maximum atomic E-state index is 12.2. The Bertz CT molecular complexity index is 931. The van der Waals surface area contributed by atoms with E-state index in [-0.39, 0.29) is 6.03 Å². The Balaban J connectivity index is 1.40. The standard InChI is InChI=1S/C24H26N2O4/c1-28-23-13-6-5-9-20(23)17-25-24(27)26-21-10-7-8-19(16-21)18-29-14-15-30-22-11-3-2-4-12-22/h2-13,16H,14-15,17-18H2,1H3,(H2,25,26,27). The van der Waals surface area contributed by atoms with Crippen molar-refractivity contribution in [3.05, 3.63) is 90.0 Å². The van der Waals surface area contributed by atoms with Gasteiger partial charge in [-0.05, 0) is 35.9 Å². The highest BCUT2D eigenvalue weighted by molar-refractivity contribution is 5.89. The predicted octanol–water partition coefficient (Wildman–Crippen LogP) is 4.61. The van der Waals surface area contributed by atoms with Crippen LogP contribution in [0.1, 0.15) is 11.1 Å². The van der Waals surface area contributed by atoms with Crippen LogP contribution in [0.3, 0.4) is 0 Å². The number of nitrogens with one attached hydrogen (secondary N) is 2. The summed E-state index contributed by atoms with van der Waals surface area (Å²) in [5.74, 6) is 1.57. The highest BCUT2D eigenvalue weighted by Crippen LogP contribution is 2.17. The zero-order valence-electron chi connectivity index (χ0n) is 17.0. The van der Waals surface area contributed by atoms with Gasteiger partial charge in [0.1, 0.15) is 18.1 Å². The summed E-state index contributed by atoms with van der Waals surface area (Å²) in [6.07, 6.45) is 0. The summed E-state index contributed by atoms with van der Waals surface area (Å²) in [5.41, 5.74) is 2.58. The van der Waals surface area contributed by atoms with E-state index in [0.29, 0.717) is 32.1 Å². The molecule has 0 aromatic heterocycles. The first-order valence-electron chi connectivity index (χ1n) is 9.76. The van der Waals surface area contributed by atoms with E-state index in [9.17, 15) is 4.79 Å². The zero-order chi connectivity index (χ0) is 21.0. The van der Waals surface area contributed by atoms with Crippen LogP contribution in [0.2, 0.25) is 0 Å². The molecule has 6 heteroatoms. The third kappa shape index (κ3) is 6.83. The lowest BCUT2D eigenvalue weighted by molar-refractivity contribution is 0.0889. The van der Waals surface area contributed by atoms with Crippen molar-refractivity contribution in [2.24, 2.45) is 0 Å². The Morgan fingerprint density at radius 1 is 0.900 bits per heavy atom. The van der Waals surface area contributed by atoms with Crippen molar-refractivity contribution in [2.45, 2.75) is 13.2 Å². The highest BCUT2D eigenvalue weighted by Gasteiger charge is 2.06. The van der Waals surface area contributed by atoms with E-state index >= 15 is 0 Å². The zero-order valence-corrected chi connectivity index (χ0v) is 17.0. The fourth-order valence-corrected chi connectivity index (χ4v) is 2.86. The summed E-state index contributed by atoms with van der Waals surface area (Å²) in [7, 11) is 1.61. The maximum Gasteiger partial charge on any atom is 0.319 e. The minimum absolute atomic E-state index is 0.282. The molecule has 30 heavy (non-hydrogen) atoms. The van der Waals surface area contributed by atoms with Crippen LogP contribution in [-0.2, 0) is 17.9 Å². The summed E-state index contributed by atoms with van der Waals surface area (Å²) in [6, 6.07) is 24.5. The molecule has 0 radical (unpaired) electrons. The predicted molar refractivity (Wildman–Crippen MR) is 117 cm³/mol. The van der Waals surface area contributed by atoms with E-state index in [1.54, 1.807) is 7.11 Å². The lowest BCUT2D eigenvalue weighted by Gasteiger charge is -2.11. The van der Waals surface area contributed by atoms with Crippen LogP contribution >= 0.6 is 0 Å². The molecule has 0 unspecified atom stereocenters. The first-order chi connectivity index (χ1) is 14.7. The monoisotopic (exact) mass is 406 g/mol. The van der Waals surface area contributed by atoms with Gasteiger partial charge in [0, 0.05) is 17.8 Å². The van der Waals surface area contributed by atoms with Crippen molar-refractivity contribution in [1.29, 1.82) is 0 Å². The molecule has 0 atom stereocenters. The molecule has 0 saturated heterocycles. The van der Waals surface area contributed by atoms with Crippen LogP contribution in [0.4, 0.5) is 10.5 Å². The highest BCUT2D eigenvalue weighted by atomic mass is 16.5. The quantitative estimate of drug-likeness (QED) is 0.483. The molecular weight excluding hydrogens is 380 g/mol. The van der Waals surface area contributed by atoms with Gasteiger partial charge in [-0.1, -0.05) is 48.5 Å². The fraction of sp³-hybridized carbons (Fsp3) is 0.208. The smallest absolute Gasteiger partial charge is 0.319 e. The van der Waals surface area contributed by atoms with Crippen LogP contribution in [0.15, 0.2) is 78.9 Å². The van der Waals surface area contributed by atoms with E-state index in [2.05, 4.69) is 10.6 Å². The van der Waals surface area contributed by atoms with Crippen molar-refractivity contribution in [2.75, 3.05) is 25.6 Å². The molecule has 0 aliphatic rings. The van der Waals surface area contributed by atoms with Gasteiger partial charge in [0.15, 0.2) is 0 Å². The third-order valence-corrected chi connectivity index (χ3v) is 4.33. The van der Waals surface area contributed by atoms with Crippen LogP contribution < -0.4 is 20.1 Å². The third-order valence-electron chi connectivity index (χ3n) is 4.33. The summed E-state index contributed by atoms with van der Waals surface area (Å²) >= 11 is 0. The molecule has 156 valence electrons. The number of methoxy groups -OCH3 is 1. The van der Waals surface area contributed by atoms with Crippen molar-refractivity contribution in [1.82, 2.24) is 5.32 Å². The fourth-order valence-electron chi connectivity index (χ4n) is 2.86. The van der Waals surface area contributed by atoms with Gasteiger partial charge in [-0.25, -0.2) is 4.79 Å². The average molecular weight is 406 g/mol. The molecule has 0 bridgehead atoms. The van der Waals surface area contributed by atoms with Gasteiger partial charge >= 0.3 is 6.03 Å². The molecule has 0 aliphatic carbocycles. The molecule has 3 aromatic carbocycles. The molecule has 0 aliphatic heterocycles. The number of para-hydroxylation sites is 2. The Morgan fingerprint density at radius 3 is 2.53 bits per heavy atom. The largest absolute Gasteiger partial charge is 0.496 e. The molecule has 6 nitrogen and oxygen atoms in total. The van der Waals surface area contributed by atoms with E-state index < -0.39 is 0 Å². The van der Waals surface area contributed by atoms with Crippen LogP contribution in [0, 0.1) is 0 Å². The van der Waals surface area contributed by atoms with E-state index in [0.717, 1.165) is 22.6 Å². The lowest BCUT2D eigenvalue weighted by Crippen LogP contribution is -2.28. The summed E-state index contributed by atoms with van der Waals surface area (Å²) in [6.45, 7) is 1.77. The number of anilines is 1. The van der Waals surface area contributed by atoms with E-state index in [1.165, 1.54) is 0 Å². The second-order valence-electron chi connectivity index (χ2n) is 6.53. The number of urea groups is 1. The van der Waals surface area contributed by atoms with Crippen LogP contribution in [0.25, 0.3) is 0 Å². The van der Waals surface area contributed by atoms with Gasteiger partial charge in [0.25, 0.3) is 0 Å². The van der Waals surface area contributed by atoms with Gasteiger partial charge in [0.2, 0.25) is 0 Å². The van der Waals surface area contributed by atoms with Crippen molar-refractivity contribution in [3.63, 3.8) is 0 Å². The molecular formula is C24H26N2O4. The molecule has 2 amide bonds. The Labute approximate surface area is 176 Å². The average Bonchev–Trinajstić information content (AvgIpc) is 2.78. The number of amides is 2. The second kappa shape index (κ2) is 11.5. The van der Waals surface area contributed by atoms with E-state index in [4.69, 9.17) is 14.2 Å². The SMILES string of the molecule is COc1ccccc1CNC(=O)Nc1cccc(COCCOc2ccccc2)c1. The number of hydrogen-bond acceptors (Lipinski definition) is 4. The van der Waals surface area contributed by atoms with Gasteiger partial charge in [-0.15, -0.1) is 0 Å². The summed E-state index contributed by atoms with van der Waals surface area (Å²) in [5, 5.41) is 5.68. The molecule has 2 N–H and O–H groups in total. The summed E-state index contributed by atoms with van der Waals surface area (Å²) in [4.78, 5) is 12.2. The number of hydrogen-bond donors (Lipinski definition) is 2. The van der Waals surface area contributed by atoms with Gasteiger partial charge in [0.05, 0.1) is 20.3 Å². The Hall–Kier alpha value is -3.51. The molecule has 0 spiro atoms. The Kier molecular flexibility index (Phi) is 8.12. The normalized spacial score (nSPS) is 10.3. The van der Waals surface area contributed by atoms with Crippen molar-refractivity contribution >= 4 is 11.7 Å². The number of carbonyl (C=O) groups is 1. The topological polar surface area (TPSA) is 68.8 Å². The Morgan fingerprint density at radius 2 is 1.70 bits per heavy atom. The van der Waals surface area contributed by atoms with Crippen LogP contribution in [-0.4, -0.2) is 26.4 Å². The van der Waals surface area contributed by atoms with Gasteiger partial charge in [-0.2, -0.15) is 0 Å². The number of carbonyl (C=O) groups excluding carboxylic acids is 1. The van der Waals surface area contributed by atoms with Crippen LogP contribution in [0.5, 0.6) is 11.5 Å². The first kappa shape index (κ1) is 21.2. The van der Waals surface area contributed by atoms with Gasteiger partial charge in [-0.3, -0.25) is 0 Å². The molecule has 3 aromatic rings. The minimum Gasteiger partial charge on any atom is -0.496 e. The molecule has 0 saturated carbocycles. The first-order valence-corrected chi connectivity index (χ1v) is 9.76. The molecule has 0 fully saturated rings. The number of benzene rings is 3. The molecule has 0 heterocycles. The number of rotatable bonds is 10. The number of ether oxygens (including phenoxy) is 3. The van der Waals surface area contributed by atoms with Crippen molar-refractivity contribution < 1.29 is 19.0 Å². The van der Waals surface area contributed by atoms with E-state index in [1.807, 2.05) is 78.9 Å². The van der Waals surface area contributed by atoms with Crippen molar-refractivity contribution in [3.8, 4) is 11.5 Å².